The van der Waals surface area contributed by atoms with E-state index in [1.165, 1.54) is 48.1 Å². The maximum absolute atomic E-state index is 5.90. The molecule has 0 amide bonds. The Hall–Kier alpha value is -1.42. The van der Waals surface area contributed by atoms with Gasteiger partial charge in [-0.25, -0.2) is 0 Å². The van der Waals surface area contributed by atoms with Gasteiger partial charge in [-0.1, -0.05) is 73.9 Å². The molecule has 0 aromatic heterocycles. The van der Waals surface area contributed by atoms with Crippen LogP contribution < -0.4 is 4.98 Å². The van der Waals surface area contributed by atoms with Gasteiger partial charge in [0.2, 0.25) is 0 Å². The van der Waals surface area contributed by atoms with Gasteiger partial charge in [0.15, 0.2) is 0 Å². The highest BCUT2D eigenvalue weighted by molar-refractivity contribution is 6.78. The van der Waals surface area contributed by atoms with Crippen molar-refractivity contribution in [2.75, 3.05) is 6.61 Å². The molecule has 176 valence electrons. The number of hydrogen-bond acceptors (Lipinski definition) is 2. The molecule has 0 fully saturated rings. The van der Waals surface area contributed by atoms with Crippen LogP contribution in [0, 0.1) is 0 Å². The number of allylic oxidation sites excluding steroid dienone is 1. The van der Waals surface area contributed by atoms with E-state index in [4.69, 9.17) is 4.74 Å². The van der Waals surface area contributed by atoms with E-state index in [9.17, 15) is 0 Å². The summed E-state index contributed by atoms with van der Waals surface area (Å²) in [5, 5.41) is 2.75. The second-order valence-corrected chi connectivity index (χ2v) is 16.2. The van der Waals surface area contributed by atoms with Gasteiger partial charge in [-0.2, -0.15) is 0 Å². The first-order valence-corrected chi connectivity index (χ1v) is 15.3. The number of ether oxygens (including phenoxy) is 1. The fourth-order valence-electron chi connectivity index (χ4n) is 5.59. The molecule has 2 aromatic rings. The molecular weight excluding hydrogens is 406 g/mol. The zero-order valence-electron chi connectivity index (χ0n) is 21.8. The lowest BCUT2D eigenvalue weighted by Crippen LogP contribution is -2.60. The summed E-state index contributed by atoms with van der Waals surface area (Å²) in [6, 6.07) is 14.9. The van der Waals surface area contributed by atoms with Gasteiger partial charge >= 0.3 is 0 Å². The van der Waals surface area contributed by atoms with Gasteiger partial charge in [-0.3, -0.25) is 0 Å². The summed E-state index contributed by atoms with van der Waals surface area (Å²) in [6.07, 6.45) is 7.49. The molecule has 1 aliphatic rings. The minimum Gasteiger partial charge on any atom is -0.376 e. The molecule has 0 aliphatic heterocycles. The lowest BCUT2D eigenvalue weighted by atomic mass is 10.0. The first kappa shape index (κ1) is 25.2. The monoisotopic (exact) mass is 451 g/mol. The summed E-state index contributed by atoms with van der Waals surface area (Å²) >= 11 is 0. The smallest absolute Gasteiger partial charge is 0.134 e. The summed E-state index contributed by atoms with van der Waals surface area (Å²) in [5.41, 5.74) is 5.20. The molecule has 1 aliphatic carbocycles. The minimum absolute atomic E-state index is 0.0218. The number of fused-ring (bicyclic) bond motifs is 3. The van der Waals surface area contributed by atoms with Crippen molar-refractivity contribution in [3.05, 3.63) is 53.1 Å². The molecule has 0 bridgehead atoms. The Morgan fingerprint density at radius 1 is 0.906 bits per heavy atom. The van der Waals surface area contributed by atoms with Gasteiger partial charge < -0.3 is 9.72 Å². The fourth-order valence-corrected chi connectivity index (χ4v) is 10.9. The topological polar surface area (TPSA) is 21.3 Å². The van der Waals surface area contributed by atoms with Crippen LogP contribution in [-0.4, -0.2) is 26.0 Å². The highest BCUT2D eigenvalue weighted by Crippen LogP contribution is 2.46. The molecule has 3 heteroatoms. The van der Waals surface area contributed by atoms with Crippen LogP contribution in [0.2, 0.25) is 12.6 Å². The van der Waals surface area contributed by atoms with Crippen LogP contribution in [0.25, 0.3) is 16.8 Å². The van der Waals surface area contributed by atoms with Crippen molar-refractivity contribution < 1.29 is 4.74 Å². The Morgan fingerprint density at radius 2 is 1.59 bits per heavy atom. The van der Waals surface area contributed by atoms with Gasteiger partial charge in [0, 0.05) is 17.7 Å². The maximum atomic E-state index is 5.90. The largest absolute Gasteiger partial charge is 0.376 e. The average Bonchev–Trinajstić information content (AvgIpc) is 3.02. The Labute approximate surface area is 197 Å². The van der Waals surface area contributed by atoms with E-state index in [-0.39, 0.29) is 11.1 Å². The Kier molecular flexibility index (Phi) is 7.74. The van der Waals surface area contributed by atoms with E-state index in [2.05, 4.69) is 102 Å². The van der Waals surface area contributed by atoms with Crippen molar-refractivity contribution in [3.8, 4) is 0 Å². The van der Waals surface area contributed by atoms with E-state index in [0.29, 0.717) is 5.54 Å². The standard InChI is InChI=1S/C29H45NOSi/c1-22-21-26-24-16-12-11-15-23(24)17-18-25(26)27(22)32(8,30-28(2,3)4)20-14-10-9-13-19-31-29(5,6)7/h11-12,15-18,21,27,30H,9-10,13-14,19-20H2,1-8H3. The molecule has 0 spiro atoms. The molecule has 2 aromatic carbocycles. The zero-order chi connectivity index (χ0) is 23.6. The number of hydrogen-bond donors (Lipinski definition) is 1. The van der Waals surface area contributed by atoms with E-state index in [0.717, 1.165) is 6.61 Å². The molecule has 0 radical (unpaired) electrons. The lowest BCUT2D eigenvalue weighted by Gasteiger charge is -2.42. The minimum atomic E-state index is -1.80. The molecule has 1 N–H and O–H groups in total. The molecule has 0 saturated heterocycles. The molecule has 3 rings (SSSR count). The first-order valence-electron chi connectivity index (χ1n) is 12.5. The number of benzene rings is 2. The molecule has 0 heterocycles. The van der Waals surface area contributed by atoms with Crippen molar-refractivity contribution in [2.45, 2.75) is 103 Å². The predicted molar refractivity (Wildman–Crippen MR) is 144 cm³/mol. The van der Waals surface area contributed by atoms with Crippen LogP contribution in [0.4, 0.5) is 0 Å². The van der Waals surface area contributed by atoms with E-state index < -0.39 is 8.24 Å². The van der Waals surface area contributed by atoms with E-state index >= 15 is 0 Å². The van der Waals surface area contributed by atoms with Gasteiger partial charge in [0.05, 0.1) is 5.60 Å². The summed E-state index contributed by atoms with van der Waals surface area (Å²) in [6.45, 7) is 19.2. The van der Waals surface area contributed by atoms with Crippen molar-refractivity contribution in [3.63, 3.8) is 0 Å². The predicted octanol–water partition coefficient (Wildman–Crippen LogP) is 8.22. The Bertz CT molecular complexity index is 950. The van der Waals surface area contributed by atoms with Gasteiger partial charge in [-0.15, -0.1) is 0 Å². The van der Waals surface area contributed by atoms with Crippen molar-refractivity contribution >= 4 is 25.1 Å². The lowest BCUT2D eigenvalue weighted by molar-refractivity contribution is -0.00471. The van der Waals surface area contributed by atoms with E-state index in [1.807, 2.05) is 0 Å². The van der Waals surface area contributed by atoms with Crippen molar-refractivity contribution in [2.24, 2.45) is 0 Å². The fraction of sp³-hybridized carbons (Fsp3) is 0.586. The second kappa shape index (κ2) is 9.83. The van der Waals surface area contributed by atoms with Crippen LogP contribution >= 0.6 is 0 Å². The van der Waals surface area contributed by atoms with Crippen LogP contribution in [0.1, 0.15) is 90.8 Å². The quantitative estimate of drug-likeness (QED) is 0.306. The van der Waals surface area contributed by atoms with Crippen molar-refractivity contribution in [1.82, 2.24) is 4.98 Å². The summed E-state index contributed by atoms with van der Waals surface area (Å²) in [5.74, 6) is 0. The highest BCUT2D eigenvalue weighted by Gasteiger charge is 2.43. The molecule has 32 heavy (non-hydrogen) atoms. The third kappa shape index (κ3) is 6.33. The second-order valence-electron chi connectivity index (χ2n) is 12.0. The van der Waals surface area contributed by atoms with Crippen molar-refractivity contribution in [1.29, 1.82) is 0 Å². The van der Waals surface area contributed by atoms with Gasteiger partial charge in [0.1, 0.15) is 8.24 Å². The Morgan fingerprint density at radius 3 is 2.28 bits per heavy atom. The zero-order valence-corrected chi connectivity index (χ0v) is 22.8. The number of unbranched alkanes of at least 4 members (excludes halogenated alkanes) is 3. The van der Waals surface area contributed by atoms with Crippen LogP contribution in [0.15, 0.2) is 42.0 Å². The SMILES string of the molecule is CC1=Cc2c(ccc3ccccc23)C1[Si](C)(CCCCCCOC(C)(C)C)NC(C)(C)C. The third-order valence-corrected chi connectivity index (χ3v) is 11.3. The number of nitrogens with one attached hydrogen (secondary N) is 1. The molecule has 2 unspecified atom stereocenters. The molecule has 0 saturated carbocycles. The van der Waals surface area contributed by atoms with Gasteiger partial charge in [0.25, 0.3) is 0 Å². The summed E-state index contributed by atoms with van der Waals surface area (Å²) < 4.78 is 5.90. The Balaban J connectivity index is 1.75. The molecular formula is C29H45NOSi. The van der Waals surface area contributed by atoms with Gasteiger partial charge in [-0.05, 0) is 82.8 Å². The average molecular weight is 452 g/mol. The normalized spacial score (nSPS) is 18.5. The highest BCUT2D eigenvalue weighted by atomic mass is 28.3. The molecule has 2 nitrogen and oxygen atoms in total. The van der Waals surface area contributed by atoms with E-state index in [1.54, 1.807) is 11.1 Å². The van der Waals surface area contributed by atoms with Crippen LogP contribution in [-0.2, 0) is 4.74 Å². The van der Waals surface area contributed by atoms with Crippen LogP contribution in [0.5, 0.6) is 0 Å². The van der Waals surface area contributed by atoms with Crippen LogP contribution in [0.3, 0.4) is 0 Å². The first-order chi connectivity index (χ1) is 14.9. The summed E-state index contributed by atoms with van der Waals surface area (Å²) in [4.78, 5) is 4.19. The summed E-state index contributed by atoms with van der Waals surface area (Å²) in [7, 11) is -1.80. The third-order valence-electron chi connectivity index (χ3n) is 6.57. The molecule has 2 atom stereocenters. The number of rotatable bonds is 9. The maximum Gasteiger partial charge on any atom is 0.134 e.